The zero-order chi connectivity index (χ0) is 22.2. The van der Waals surface area contributed by atoms with Gasteiger partial charge in [0.2, 0.25) is 5.75 Å². The Hall–Kier alpha value is -3.94. The van der Waals surface area contributed by atoms with Gasteiger partial charge in [0.05, 0.1) is 28.4 Å². The maximum atomic E-state index is 12.1. The van der Waals surface area contributed by atoms with Crippen LogP contribution in [0.4, 0.5) is 0 Å². The molecule has 1 aromatic heterocycles. The minimum absolute atomic E-state index is 0.0219. The Bertz CT molecular complexity index is 1050. The summed E-state index contributed by atoms with van der Waals surface area (Å²) in [6.45, 7) is -0.0219. The largest absolute Gasteiger partial charge is 0.497 e. The molecule has 0 saturated carbocycles. The van der Waals surface area contributed by atoms with Crippen molar-refractivity contribution in [2.24, 2.45) is 0 Å². The van der Waals surface area contributed by atoms with Gasteiger partial charge in [0.1, 0.15) is 18.1 Å². The maximum absolute atomic E-state index is 12.1. The maximum Gasteiger partial charge on any atom is 0.331 e. The summed E-state index contributed by atoms with van der Waals surface area (Å²) in [7, 11) is 6.17. The number of rotatable bonds is 9. The molecule has 3 aromatic rings. The van der Waals surface area contributed by atoms with Crippen LogP contribution in [0.1, 0.15) is 11.3 Å². The Morgan fingerprint density at radius 1 is 0.968 bits per heavy atom. The SMILES string of the molecule is COc1cccc(-c2cc(COC(=O)/C=C\c3cc(OC)c(OC)c(OC)c3)no2)c1. The van der Waals surface area contributed by atoms with Gasteiger partial charge < -0.3 is 28.2 Å². The van der Waals surface area contributed by atoms with Gasteiger partial charge in [-0.1, -0.05) is 17.3 Å². The van der Waals surface area contributed by atoms with E-state index < -0.39 is 5.97 Å². The van der Waals surface area contributed by atoms with Crippen molar-refractivity contribution in [2.75, 3.05) is 28.4 Å². The molecule has 0 amide bonds. The van der Waals surface area contributed by atoms with Crippen molar-refractivity contribution in [3.05, 3.63) is 59.8 Å². The number of nitrogens with zero attached hydrogens (tertiary/aromatic N) is 1. The smallest absolute Gasteiger partial charge is 0.331 e. The number of carbonyl (C=O) groups excluding carboxylic acids is 1. The van der Waals surface area contributed by atoms with Gasteiger partial charge in [-0.25, -0.2) is 4.79 Å². The van der Waals surface area contributed by atoms with E-state index in [4.69, 9.17) is 28.2 Å². The van der Waals surface area contributed by atoms with Gasteiger partial charge in [0.15, 0.2) is 17.3 Å². The average molecular weight is 425 g/mol. The molecule has 0 aliphatic rings. The van der Waals surface area contributed by atoms with Crippen LogP contribution in [0.2, 0.25) is 0 Å². The number of hydrogen-bond donors (Lipinski definition) is 0. The average Bonchev–Trinajstić information content (AvgIpc) is 3.29. The fourth-order valence-electron chi connectivity index (χ4n) is 2.85. The molecule has 1 heterocycles. The molecule has 0 fully saturated rings. The fourth-order valence-corrected chi connectivity index (χ4v) is 2.85. The van der Waals surface area contributed by atoms with Gasteiger partial charge >= 0.3 is 5.97 Å². The minimum atomic E-state index is -0.528. The molecule has 0 atom stereocenters. The normalized spacial score (nSPS) is 10.7. The summed E-state index contributed by atoms with van der Waals surface area (Å²) in [5, 5.41) is 3.94. The van der Waals surface area contributed by atoms with Crippen molar-refractivity contribution in [2.45, 2.75) is 6.61 Å². The molecule has 162 valence electrons. The van der Waals surface area contributed by atoms with E-state index in [1.165, 1.54) is 27.4 Å². The molecule has 0 bridgehead atoms. The van der Waals surface area contributed by atoms with Crippen molar-refractivity contribution in [1.82, 2.24) is 5.16 Å². The third-order valence-electron chi connectivity index (χ3n) is 4.37. The number of ether oxygens (including phenoxy) is 5. The second-order valence-corrected chi connectivity index (χ2v) is 6.31. The van der Waals surface area contributed by atoms with Crippen LogP contribution in [0.3, 0.4) is 0 Å². The lowest BCUT2D eigenvalue weighted by Gasteiger charge is -2.12. The van der Waals surface area contributed by atoms with Crippen molar-refractivity contribution in [1.29, 1.82) is 0 Å². The molecule has 3 rings (SSSR count). The third-order valence-corrected chi connectivity index (χ3v) is 4.37. The molecule has 0 spiro atoms. The van der Waals surface area contributed by atoms with Crippen LogP contribution in [0.5, 0.6) is 23.0 Å². The van der Waals surface area contributed by atoms with E-state index >= 15 is 0 Å². The molecule has 31 heavy (non-hydrogen) atoms. The zero-order valence-corrected chi connectivity index (χ0v) is 17.7. The first-order chi connectivity index (χ1) is 15.1. The van der Waals surface area contributed by atoms with Crippen molar-refractivity contribution in [3.8, 4) is 34.3 Å². The van der Waals surface area contributed by atoms with Crippen LogP contribution < -0.4 is 18.9 Å². The molecule has 8 nitrogen and oxygen atoms in total. The summed E-state index contributed by atoms with van der Waals surface area (Å²) in [5.74, 6) is 2.18. The van der Waals surface area contributed by atoms with E-state index in [9.17, 15) is 4.79 Å². The lowest BCUT2D eigenvalue weighted by molar-refractivity contribution is -0.139. The summed E-state index contributed by atoms with van der Waals surface area (Å²) in [5.41, 5.74) is 1.99. The van der Waals surface area contributed by atoms with Crippen molar-refractivity contribution < 1.29 is 33.0 Å². The van der Waals surface area contributed by atoms with Gasteiger partial charge in [0, 0.05) is 17.7 Å². The lowest BCUT2D eigenvalue weighted by atomic mass is 10.1. The number of benzene rings is 2. The third kappa shape index (κ3) is 5.36. The molecule has 0 radical (unpaired) electrons. The minimum Gasteiger partial charge on any atom is -0.497 e. The van der Waals surface area contributed by atoms with Crippen LogP contribution >= 0.6 is 0 Å². The van der Waals surface area contributed by atoms with E-state index in [1.807, 2.05) is 24.3 Å². The van der Waals surface area contributed by atoms with Crippen molar-refractivity contribution in [3.63, 3.8) is 0 Å². The summed E-state index contributed by atoms with van der Waals surface area (Å²) in [6.07, 6.45) is 2.90. The Labute approximate surface area is 179 Å². The summed E-state index contributed by atoms with van der Waals surface area (Å²) >= 11 is 0. The molecule has 0 unspecified atom stereocenters. The first-order valence-corrected chi connectivity index (χ1v) is 9.32. The van der Waals surface area contributed by atoms with E-state index in [0.717, 1.165) is 5.56 Å². The highest BCUT2D eigenvalue weighted by atomic mass is 16.5. The molecule has 8 heteroatoms. The Kier molecular flexibility index (Phi) is 7.16. The lowest BCUT2D eigenvalue weighted by Crippen LogP contribution is -2.01. The molecular formula is C23H23NO7. The molecule has 2 aromatic carbocycles. The van der Waals surface area contributed by atoms with Crippen LogP contribution in [0.15, 0.2) is 53.1 Å². The van der Waals surface area contributed by atoms with E-state index in [-0.39, 0.29) is 6.61 Å². The van der Waals surface area contributed by atoms with Crippen molar-refractivity contribution >= 4 is 12.0 Å². The van der Waals surface area contributed by atoms with E-state index in [1.54, 1.807) is 31.4 Å². The zero-order valence-electron chi connectivity index (χ0n) is 17.7. The molecule has 0 aliphatic heterocycles. The number of esters is 1. The van der Waals surface area contributed by atoms with Crippen LogP contribution in [0.25, 0.3) is 17.4 Å². The Morgan fingerprint density at radius 2 is 1.71 bits per heavy atom. The highest BCUT2D eigenvalue weighted by Gasteiger charge is 2.13. The standard InChI is InChI=1S/C23H23NO7/c1-26-18-7-5-6-16(12-18)19-13-17(24-31-19)14-30-22(25)9-8-15-10-20(27-2)23(29-4)21(11-15)28-3/h5-13H,14H2,1-4H3/b9-8-. The highest BCUT2D eigenvalue weighted by Crippen LogP contribution is 2.38. The van der Waals surface area contributed by atoms with Gasteiger partial charge in [-0.15, -0.1) is 0 Å². The predicted octanol–water partition coefficient (Wildman–Crippen LogP) is 4.13. The second-order valence-electron chi connectivity index (χ2n) is 6.31. The number of aromatic nitrogens is 1. The van der Waals surface area contributed by atoms with Gasteiger partial charge in [-0.3, -0.25) is 0 Å². The monoisotopic (exact) mass is 425 g/mol. The second kappa shape index (κ2) is 10.2. The summed E-state index contributed by atoms with van der Waals surface area (Å²) < 4.78 is 31.7. The predicted molar refractivity (Wildman–Crippen MR) is 113 cm³/mol. The molecule has 0 saturated heterocycles. The van der Waals surface area contributed by atoms with E-state index in [0.29, 0.717) is 40.0 Å². The first-order valence-electron chi connectivity index (χ1n) is 9.32. The molecular weight excluding hydrogens is 402 g/mol. The topological polar surface area (TPSA) is 89.3 Å². The first kappa shape index (κ1) is 21.8. The summed E-state index contributed by atoms with van der Waals surface area (Å²) in [4.78, 5) is 12.1. The summed E-state index contributed by atoms with van der Waals surface area (Å²) in [6, 6.07) is 12.6. The Balaban J connectivity index is 1.63. The van der Waals surface area contributed by atoms with Crippen LogP contribution in [0, 0.1) is 0 Å². The number of carbonyl (C=O) groups is 1. The quantitative estimate of drug-likeness (QED) is 0.373. The van der Waals surface area contributed by atoms with Gasteiger partial charge in [-0.2, -0.15) is 0 Å². The van der Waals surface area contributed by atoms with Gasteiger partial charge in [0.25, 0.3) is 0 Å². The molecule has 0 aliphatic carbocycles. The molecule has 0 N–H and O–H groups in total. The van der Waals surface area contributed by atoms with Crippen LogP contribution in [-0.4, -0.2) is 39.6 Å². The number of hydrogen-bond acceptors (Lipinski definition) is 8. The number of methoxy groups -OCH3 is 4. The van der Waals surface area contributed by atoms with Crippen LogP contribution in [-0.2, 0) is 16.1 Å². The van der Waals surface area contributed by atoms with E-state index in [2.05, 4.69) is 5.16 Å². The Morgan fingerprint density at radius 3 is 2.35 bits per heavy atom. The van der Waals surface area contributed by atoms with Gasteiger partial charge in [-0.05, 0) is 35.9 Å². The fraction of sp³-hybridized carbons (Fsp3) is 0.217. The highest BCUT2D eigenvalue weighted by molar-refractivity contribution is 5.87.